The fraction of sp³-hybridized carbons (Fsp3) is 0.950. The van der Waals surface area contributed by atoms with Gasteiger partial charge in [-0.2, -0.15) is 5.26 Å². The van der Waals surface area contributed by atoms with Crippen molar-refractivity contribution < 1.29 is 4.74 Å². The molecule has 2 aliphatic rings. The van der Waals surface area contributed by atoms with E-state index < -0.39 is 0 Å². The zero-order chi connectivity index (χ0) is 15.8. The molecule has 0 N–H and O–H groups in total. The summed E-state index contributed by atoms with van der Waals surface area (Å²) in [5, 5.41) is 9.48. The molecular formula is C20H35NO. The Morgan fingerprint density at radius 3 is 2.18 bits per heavy atom. The van der Waals surface area contributed by atoms with Gasteiger partial charge in [-0.1, -0.05) is 33.1 Å². The van der Waals surface area contributed by atoms with Crippen LogP contribution in [-0.2, 0) is 4.74 Å². The normalized spacial score (nSPS) is 36.0. The van der Waals surface area contributed by atoms with Crippen molar-refractivity contribution in [2.45, 2.75) is 97.0 Å². The molecule has 0 unspecified atom stereocenters. The third kappa shape index (κ3) is 4.98. The van der Waals surface area contributed by atoms with Gasteiger partial charge in [-0.25, -0.2) is 0 Å². The Hall–Kier alpha value is -0.550. The number of hydrogen-bond acceptors (Lipinski definition) is 2. The van der Waals surface area contributed by atoms with Crippen LogP contribution in [0.3, 0.4) is 0 Å². The first-order valence-corrected chi connectivity index (χ1v) is 9.74. The Morgan fingerprint density at radius 1 is 0.955 bits per heavy atom. The minimum absolute atomic E-state index is 0.0105. The Labute approximate surface area is 137 Å². The Morgan fingerprint density at radius 2 is 1.64 bits per heavy atom. The molecular weight excluding hydrogens is 270 g/mol. The number of nitrogens with zero attached hydrogens (tertiary/aromatic N) is 1. The maximum absolute atomic E-state index is 9.48. The summed E-state index contributed by atoms with van der Waals surface area (Å²) in [6, 6.07) is 2.62. The largest absolute Gasteiger partial charge is 0.378 e. The van der Waals surface area contributed by atoms with Gasteiger partial charge < -0.3 is 4.74 Å². The minimum atomic E-state index is -0.0105. The van der Waals surface area contributed by atoms with Gasteiger partial charge in [-0.15, -0.1) is 0 Å². The zero-order valence-corrected chi connectivity index (χ0v) is 14.8. The van der Waals surface area contributed by atoms with Gasteiger partial charge in [-0.3, -0.25) is 0 Å². The van der Waals surface area contributed by atoms with Crippen LogP contribution in [0.25, 0.3) is 0 Å². The van der Waals surface area contributed by atoms with Crippen molar-refractivity contribution in [1.82, 2.24) is 0 Å². The molecule has 2 aliphatic carbocycles. The van der Waals surface area contributed by atoms with Crippen LogP contribution in [0.4, 0.5) is 0 Å². The predicted octanol–water partition coefficient (Wildman–Crippen LogP) is 5.86. The first-order chi connectivity index (χ1) is 10.7. The SMILES string of the molecule is CCCC1CCC(OCC2CCC(C#N)(CCC)CC2)CC1. The summed E-state index contributed by atoms with van der Waals surface area (Å²) in [4.78, 5) is 0. The van der Waals surface area contributed by atoms with Crippen LogP contribution in [-0.4, -0.2) is 12.7 Å². The summed E-state index contributed by atoms with van der Waals surface area (Å²) in [7, 11) is 0. The summed E-state index contributed by atoms with van der Waals surface area (Å²) in [5.74, 6) is 1.66. The summed E-state index contributed by atoms with van der Waals surface area (Å²) >= 11 is 0. The van der Waals surface area contributed by atoms with E-state index in [1.807, 2.05) is 0 Å². The van der Waals surface area contributed by atoms with Crippen LogP contribution in [0.15, 0.2) is 0 Å². The highest BCUT2D eigenvalue weighted by Crippen LogP contribution is 2.42. The Balaban J connectivity index is 1.64. The fourth-order valence-electron chi connectivity index (χ4n) is 4.56. The number of rotatable bonds is 7. The van der Waals surface area contributed by atoms with Gasteiger partial charge in [0.25, 0.3) is 0 Å². The van der Waals surface area contributed by atoms with Crippen LogP contribution in [0.2, 0.25) is 0 Å². The lowest BCUT2D eigenvalue weighted by atomic mass is 9.69. The summed E-state index contributed by atoms with van der Waals surface area (Å²) in [6.07, 6.45) is 15.3. The van der Waals surface area contributed by atoms with E-state index in [1.54, 1.807) is 0 Å². The third-order valence-corrected chi connectivity index (χ3v) is 6.09. The van der Waals surface area contributed by atoms with E-state index in [-0.39, 0.29) is 5.41 Å². The first kappa shape index (κ1) is 17.8. The van der Waals surface area contributed by atoms with E-state index in [2.05, 4.69) is 19.9 Å². The highest BCUT2D eigenvalue weighted by Gasteiger charge is 2.35. The molecule has 2 heteroatoms. The summed E-state index contributed by atoms with van der Waals surface area (Å²) in [6.45, 7) is 5.44. The average molecular weight is 306 g/mol. The van der Waals surface area contributed by atoms with E-state index in [9.17, 15) is 5.26 Å². The molecule has 126 valence electrons. The van der Waals surface area contributed by atoms with Gasteiger partial charge >= 0.3 is 0 Å². The van der Waals surface area contributed by atoms with Crippen molar-refractivity contribution in [2.75, 3.05) is 6.61 Å². The van der Waals surface area contributed by atoms with E-state index in [1.165, 1.54) is 51.4 Å². The molecule has 0 bridgehead atoms. The lowest BCUT2D eigenvalue weighted by molar-refractivity contribution is -0.0133. The van der Waals surface area contributed by atoms with Crippen LogP contribution < -0.4 is 0 Å². The lowest BCUT2D eigenvalue weighted by Crippen LogP contribution is -2.30. The topological polar surface area (TPSA) is 33.0 Å². The van der Waals surface area contributed by atoms with Crippen molar-refractivity contribution in [3.8, 4) is 6.07 Å². The fourth-order valence-corrected chi connectivity index (χ4v) is 4.56. The molecule has 0 aromatic rings. The second-order valence-corrected chi connectivity index (χ2v) is 7.85. The molecule has 0 amide bonds. The smallest absolute Gasteiger partial charge is 0.0689 e. The summed E-state index contributed by atoms with van der Waals surface area (Å²) < 4.78 is 6.23. The lowest BCUT2D eigenvalue weighted by Gasteiger charge is -2.36. The van der Waals surface area contributed by atoms with Crippen LogP contribution >= 0.6 is 0 Å². The van der Waals surface area contributed by atoms with E-state index in [4.69, 9.17) is 4.74 Å². The number of hydrogen-bond donors (Lipinski definition) is 0. The second kappa shape index (κ2) is 8.92. The molecule has 2 fully saturated rings. The van der Waals surface area contributed by atoms with Crippen molar-refractivity contribution >= 4 is 0 Å². The molecule has 22 heavy (non-hydrogen) atoms. The number of ether oxygens (including phenoxy) is 1. The van der Waals surface area contributed by atoms with Gasteiger partial charge in [0.2, 0.25) is 0 Å². The van der Waals surface area contributed by atoms with Gasteiger partial charge in [0.05, 0.1) is 17.6 Å². The molecule has 0 heterocycles. The molecule has 2 nitrogen and oxygen atoms in total. The van der Waals surface area contributed by atoms with Crippen LogP contribution in [0.5, 0.6) is 0 Å². The van der Waals surface area contributed by atoms with E-state index >= 15 is 0 Å². The molecule has 0 aromatic carbocycles. The van der Waals surface area contributed by atoms with Crippen molar-refractivity contribution in [2.24, 2.45) is 17.3 Å². The number of nitriles is 1. The molecule has 0 saturated heterocycles. The Bertz CT molecular complexity index is 343. The van der Waals surface area contributed by atoms with E-state index in [0.29, 0.717) is 12.0 Å². The highest BCUT2D eigenvalue weighted by molar-refractivity contribution is 5.01. The molecule has 0 atom stereocenters. The van der Waals surface area contributed by atoms with Crippen LogP contribution in [0, 0.1) is 28.6 Å². The monoisotopic (exact) mass is 305 g/mol. The minimum Gasteiger partial charge on any atom is -0.378 e. The quantitative estimate of drug-likeness (QED) is 0.590. The maximum Gasteiger partial charge on any atom is 0.0689 e. The summed E-state index contributed by atoms with van der Waals surface area (Å²) in [5.41, 5.74) is -0.0105. The average Bonchev–Trinajstić information content (AvgIpc) is 2.56. The van der Waals surface area contributed by atoms with Crippen molar-refractivity contribution in [3.05, 3.63) is 0 Å². The second-order valence-electron chi connectivity index (χ2n) is 7.85. The van der Waals surface area contributed by atoms with Crippen molar-refractivity contribution in [3.63, 3.8) is 0 Å². The molecule has 0 spiro atoms. The third-order valence-electron chi connectivity index (χ3n) is 6.09. The first-order valence-electron chi connectivity index (χ1n) is 9.74. The predicted molar refractivity (Wildman–Crippen MR) is 91.5 cm³/mol. The van der Waals surface area contributed by atoms with Gasteiger partial charge in [0.15, 0.2) is 0 Å². The highest BCUT2D eigenvalue weighted by atomic mass is 16.5. The molecule has 2 saturated carbocycles. The van der Waals surface area contributed by atoms with E-state index in [0.717, 1.165) is 38.2 Å². The zero-order valence-electron chi connectivity index (χ0n) is 14.8. The Kier molecular flexibility index (Phi) is 7.22. The molecule has 0 radical (unpaired) electrons. The molecule has 0 aliphatic heterocycles. The molecule has 2 rings (SSSR count). The van der Waals surface area contributed by atoms with Crippen LogP contribution in [0.1, 0.15) is 90.9 Å². The van der Waals surface area contributed by atoms with Gasteiger partial charge in [0.1, 0.15) is 0 Å². The van der Waals surface area contributed by atoms with Gasteiger partial charge in [0, 0.05) is 6.61 Å². The van der Waals surface area contributed by atoms with Crippen molar-refractivity contribution in [1.29, 1.82) is 5.26 Å². The molecule has 0 aromatic heterocycles. The van der Waals surface area contributed by atoms with Gasteiger partial charge in [-0.05, 0) is 69.6 Å². The standard InChI is InChI=1S/C20H35NO/c1-3-5-17-6-8-19(9-7-17)22-15-18-10-13-20(16-21,12-4-2)14-11-18/h17-19H,3-15H2,1-2H3. The maximum atomic E-state index is 9.48.